The van der Waals surface area contributed by atoms with Gasteiger partial charge in [0.1, 0.15) is 0 Å². The largest absolute Gasteiger partial charge is 0.330 e. The van der Waals surface area contributed by atoms with Crippen LogP contribution in [0.3, 0.4) is 0 Å². The second-order valence-corrected chi connectivity index (χ2v) is 3.91. The van der Waals surface area contributed by atoms with E-state index in [1.807, 2.05) is 0 Å². The summed E-state index contributed by atoms with van der Waals surface area (Å²) in [5.74, 6) is 0. The summed E-state index contributed by atoms with van der Waals surface area (Å²) in [6.07, 6.45) is 8.34. The highest BCUT2D eigenvalue weighted by Gasteiger charge is 2.25. The maximum atomic E-state index is 5.54. The van der Waals surface area contributed by atoms with Crippen LogP contribution in [-0.2, 0) is 0 Å². The van der Waals surface area contributed by atoms with Crippen molar-refractivity contribution in [2.24, 2.45) is 11.1 Å². The molecule has 0 aromatic rings. The third-order valence-corrected chi connectivity index (χ3v) is 2.81. The van der Waals surface area contributed by atoms with Crippen LogP contribution in [0.5, 0.6) is 0 Å². The first-order valence-corrected chi connectivity index (χ1v) is 4.47. The van der Waals surface area contributed by atoms with Gasteiger partial charge < -0.3 is 5.73 Å². The molecular weight excluding hydrogens is 122 g/mol. The van der Waals surface area contributed by atoms with Crippen molar-refractivity contribution in [3.63, 3.8) is 0 Å². The van der Waals surface area contributed by atoms with E-state index in [1.165, 1.54) is 38.5 Å². The van der Waals surface area contributed by atoms with Gasteiger partial charge in [-0.2, -0.15) is 0 Å². The molecule has 0 atom stereocenters. The molecule has 0 radical (unpaired) electrons. The molecule has 0 aliphatic heterocycles. The zero-order valence-electron chi connectivity index (χ0n) is 7.03. The van der Waals surface area contributed by atoms with Crippen molar-refractivity contribution >= 4 is 0 Å². The molecule has 0 aromatic carbocycles. The van der Waals surface area contributed by atoms with Crippen LogP contribution in [0.4, 0.5) is 0 Å². The maximum Gasteiger partial charge on any atom is -0.00721 e. The second-order valence-electron chi connectivity index (χ2n) is 3.91. The summed E-state index contributed by atoms with van der Waals surface area (Å²) >= 11 is 0. The minimum Gasteiger partial charge on any atom is -0.330 e. The van der Waals surface area contributed by atoms with Crippen molar-refractivity contribution in [2.75, 3.05) is 6.54 Å². The van der Waals surface area contributed by atoms with Crippen molar-refractivity contribution in [1.82, 2.24) is 0 Å². The zero-order chi connectivity index (χ0) is 7.45. The lowest BCUT2D eigenvalue weighted by molar-refractivity contribution is 0.203. The summed E-state index contributed by atoms with van der Waals surface area (Å²) in [4.78, 5) is 0. The molecule has 60 valence electrons. The molecule has 1 aliphatic carbocycles. The van der Waals surface area contributed by atoms with E-state index in [9.17, 15) is 0 Å². The fourth-order valence-electron chi connectivity index (χ4n) is 2.00. The van der Waals surface area contributed by atoms with Crippen LogP contribution < -0.4 is 5.73 Å². The molecule has 0 amide bonds. The van der Waals surface area contributed by atoms with Gasteiger partial charge in [-0.25, -0.2) is 0 Å². The summed E-state index contributed by atoms with van der Waals surface area (Å²) in [6, 6.07) is 0. The Morgan fingerprint density at radius 1 is 1.20 bits per heavy atom. The fraction of sp³-hybridized carbons (Fsp3) is 1.00. The van der Waals surface area contributed by atoms with E-state index in [0.29, 0.717) is 5.41 Å². The normalized spacial score (nSPS) is 24.6. The Morgan fingerprint density at radius 2 is 1.80 bits per heavy atom. The third kappa shape index (κ3) is 1.98. The highest BCUT2D eigenvalue weighted by Crippen LogP contribution is 2.37. The Balaban J connectivity index is 2.32. The Bertz CT molecular complexity index is 87.4. The lowest BCUT2D eigenvalue weighted by atomic mass is 9.73. The van der Waals surface area contributed by atoms with Gasteiger partial charge in [0.05, 0.1) is 0 Å². The summed E-state index contributed by atoms with van der Waals surface area (Å²) in [7, 11) is 0. The standard InChI is InChI=1S/C9H19N/c1-9(7-8-10)5-3-2-4-6-9/h2-8,10H2,1H3. The van der Waals surface area contributed by atoms with Gasteiger partial charge in [0.2, 0.25) is 0 Å². The maximum absolute atomic E-state index is 5.54. The summed E-state index contributed by atoms with van der Waals surface area (Å²) in [5, 5.41) is 0. The molecule has 1 nitrogen and oxygen atoms in total. The minimum absolute atomic E-state index is 0.604. The number of nitrogens with two attached hydrogens (primary N) is 1. The van der Waals surface area contributed by atoms with Gasteiger partial charge in [0.15, 0.2) is 0 Å². The van der Waals surface area contributed by atoms with E-state index in [0.717, 1.165) is 6.54 Å². The number of hydrogen-bond acceptors (Lipinski definition) is 1. The van der Waals surface area contributed by atoms with Crippen LogP contribution >= 0.6 is 0 Å². The molecule has 1 rings (SSSR count). The summed E-state index contributed by atoms with van der Waals surface area (Å²) in [5.41, 5.74) is 6.15. The van der Waals surface area contributed by atoms with Crippen LogP contribution in [0, 0.1) is 5.41 Å². The molecule has 1 aliphatic rings. The number of rotatable bonds is 2. The molecule has 1 saturated carbocycles. The minimum atomic E-state index is 0.604. The predicted octanol–water partition coefficient (Wildman–Crippen LogP) is 2.31. The van der Waals surface area contributed by atoms with Crippen LogP contribution in [0.2, 0.25) is 0 Å². The van der Waals surface area contributed by atoms with E-state index < -0.39 is 0 Å². The van der Waals surface area contributed by atoms with Crippen molar-refractivity contribution in [3.8, 4) is 0 Å². The lowest BCUT2D eigenvalue weighted by Crippen LogP contribution is -2.23. The number of hydrogen-bond donors (Lipinski definition) is 1. The van der Waals surface area contributed by atoms with E-state index in [-0.39, 0.29) is 0 Å². The van der Waals surface area contributed by atoms with Crippen molar-refractivity contribution in [3.05, 3.63) is 0 Å². The predicted molar refractivity (Wildman–Crippen MR) is 44.9 cm³/mol. The summed E-state index contributed by atoms with van der Waals surface area (Å²) < 4.78 is 0. The molecule has 10 heavy (non-hydrogen) atoms. The Hall–Kier alpha value is -0.0400. The van der Waals surface area contributed by atoms with Crippen LogP contribution in [0.25, 0.3) is 0 Å². The van der Waals surface area contributed by atoms with Gasteiger partial charge in [0.25, 0.3) is 0 Å². The Morgan fingerprint density at radius 3 is 2.30 bits per heavy atom. The molecule has 0 aromatic heterocycles. The van der Waals surface area contributed by atoms with Crippen LogP contribution in [0.15, 0.2) is 0 Å². The van der Waals surface area contributed by atoms with Gasteiger partial charge in [-0.3, -0.25) is 0 Å². The smallest absolute Gasteiger partial charge is 0.00721 e. The second kappa shape index (κ2) is 3.38. The lowest BCUT2D eigenvalue weighted by Gasteiger charge is -2.33. The topological polar surface area (TPSA) is 26.0 Å². The average molecular weight is 141 g/mol. The molecule has 0 spiro atoms. The van der Waals surface area contributed by atoms with Crippen LogP contribution in [0.1, 0.15) is 45.4 Å². The van der Waals surface area contributed by atoms with E-state index >= 15 is 0 Å². The Kier molecular flexibility index (Phi) is 2.72. The SMILES string of the molecule is CC1(CCN)CCCCC1. The Labute approximate surface area is 64.0 Å². The van der Waals surface area contributed by atoms with Gasteiger partial charge in [-0.05, 0) is 31.2 Å². The first kappa shape index (κ1) is 8.06. The summed E-state index contributed by atoms with van der Waals surface area (Å²) in [6.45, 7) is 3.26. The highest BCUT2D eigenvalue weighted by molar-refractivity contribution is 4.78. The molecule has 0 unspecified atom stereocenters. The zero-order valence-corrected chi connectivity index (χ0v) is 7.03. The van der Waals surface area contributed by atoms with Crippen molar-refractivity contribution in [1.29, 1.82) is 0 Å². The van der Waals surface area contributed by atoms with Gasteiger partial charge in [-0.15, -0.1) is 0 Å². The molecule has 0 heterocycles. The molecule has 1 heteroatoms. The van der Waals surface area contributed by atoms with Gasteiger partial charge >= 0.3 is 0 Å². The quantitative estimate of drug-likeness (QED) is 0.627. The molecular formula is C9H19N. The molecule has 0 bridgehead atoms. The first-order chi connectivity index (χ1) is 4.77. The highest BCUT2D eigenvalue weighted by atomic mass is 14.5. The average Bonchev–Trinajstić information content (AvgIpc) is 1.89. The van der Waals surface area contributed by atoms with Gasteiger partial charge in [0, 0.05) is 0 Å². The van der Waals surface area contributed by atoms with Crippen molar-refractivity contribution in [2.45, 2.75) is 45.4 Å². The van der Waals surface area contributed by atoms with Crippen molar-refractivity contribution < 1.29 is 0 Å². The monoisotopic (exact) mass is 141 g/mol. The fourth-order valence-corrected chi connectivity index (χ4v) is 2.00. The molecule has 1 fully saturated rings. The molecule has 0 saturated heterocycles. The van der Waals surface area contributed by atoms with E-state index in [1.54, 1.807) is 0 Å². The van der Waals surface area contributed by atoms with Gasteiger partial charge in [-0.1, -0.05) is 26.2 Å². The van der Waals surface area contributed by atoms with Crippen LogP contribution in [-0.4, -0.2) is 6.54 Å². The molecule has 2 N–H and O–H groups in total. The third-order valence-electron chi connectivity index (χ3n) is 2.81. The van der Waals surface area contributed by atoms with E-state index in [2.05, 4.69) is 6.92 Å². The van der Waals surface area contributed by atoms with E-state index in [4.69, 9.17) is 5.73 Å². The first-order valence-electron chi connectivity index (χ1n) is 4.47.